The molecule has 0 aliphatic heterocycles. The van der Waals surface area contributed by atoms with E-state index in [1.165, 1.54) is 5.56 Å². The van der Waals surface area contributed by atoms with Crippen LogP contribution in [0.4, 0.5) is 0 Å². The molecule has 3 heteroatoms. The summed E-state index contributed by atoms with van der Waals surface area (Å²) in [4.78, 5) is 0. The maximum absolute atomic E-state index is 5.99. The third-order valence-electron chi connectivity index (χ3n) is 2.72. The van der Waals surface area contributed by atoms with E-state index in [1.54, 1.807) is 0 Å². The standard InChI is InChI=1S/C15H25NO2/c1-4-8-17-9-10-18-15(13(3)16)14-7-5-6-12(2)11-14/h5-7,11,13,15H,4,8-10,16H2,1-3H3. The van der Waals surface area contributed by atoms with Crippen molar-refractivity contribution in [3.05, 3.63) is 35.4 Å². The minimum Gasteiger partial charge on any atom is -0.379 e. The number of ether oxygens (including phenoxy) is 2. The molecule has 0 radical (unpaired) electrons. The second-order valence-electron chi connectivity index (χ2n) is 4.68. The van der Waals surface area contributed by atoms with Gasteiger partial charge in [-0.1, -0.05) is 36.8 Å². The molecule has 0 bridgehead atoms. The third-order valence-corrected chi connectivity index (χ3v) is 2.72. The zero-order valence-corrected chi connectivity index (χ0v) is 11.7. The van der Waals surface area contributed by atoms with Crippen LogP contribution >= 0.6 is 0 Å². The molecule has 0 fully saturated rings. The van der Waals surface area contributed by atoms with Crippen molar-refractivity contribution >= 4 is 0 Å². The molecule has 102 valence electrons. The second-order valence-corrected chi connectivity index (χ2v) is 4.68. The van der Waals surface area contributed by atoms with Crippen LogP contribution in [-0.4, -0.2) is 25.9 Å². The van der Waals surface area contributed by atoms with Crippen molar-refractivity contribution in [1.82, 2.24) is 0 Å². The first kappa shape index (κ1) is 15.2. The molecule has 0 saturated carbocycles. The molecule has 0 amide bonds. The number of benzene rings is 1. The van der Waals surface area contributed by atoms with Crippen LogP contribution in [0.25, 0.3) is 0 Å². The van der Waals surface area contributed by atoms with E-state index in [0.717, 1.165) is 18.6 Å². The highest BCUT2D eigenvalue weighted by Gasteiger charge is 2.16. The van der Waals surface area contributed by atoms with Gasteiger partial charge >= 0.3 is 0 Å². The average Bonchev–Trinajstić information content (AvgIpc) is 2.33. The first-order valence-electron chi connectivity index (χ1n) is 6.66. The fraction of sp³-hybridized carbons (Fsp3) is 0.600. The van der Waals surface area contributed by atoms with E-state index < -0.39 is 0 Å². The lowest BCUT2D eigenvalue weighted by molar-refractivity contribution is -0.00473. The van der Waals surface area contributed by atoms with Gasteiger partial charge in [-0.2, -0.15) is 0 Å². The Morgan fingerprint density at radius 2 is 2.00 bits per heavy atom. The normalized spacial score (nSPS) is 14.4. The first-order valence-corrected chi connectivity index (χ1v) is 6.66. The molecule has 0 aromatic heterocycles. The number of hydrogen-bond acceptors (Lipinski definition) is 3. The molecule has 3 nitrogen and oxygen atoms in total. The Morgan fingerprint density at radius 1 is 1.22 bits per heavy atom. The summed E-state index contributed by atoms with van der Waals surface area (Å²) < 4.78 is 11.2. The van der Waals surface area contributed by atoms with Crippen LogP contribution in [0.5, 0.6) is 0 Å². The monoisotopic (exact) mass is 251 g/mol. The average molecular weight is 251 g/mol. The molecule has 1 aromatic carbocycles. The third kappa shape index (κ3) is 5.17. The summed E-state index contributed by atoms with van der Waals surface area (Å²) in [5, 5.41) is 0. The van der Waals surface area contributed by atoms with E-state index in [0.29, 0.717) is 13.2 Å². The highest BCUT2D eigenvalue weighted by molar-refractivity contribution is 5.25. The van der Waals surface area contributed by atoms with Crippen LogP contribution in [0.2, 0.25) is 0 Å². The molecular formula is C15H25NO2. The van der Waals surface area contributed by atoms with Crippen molar-refractivity contribution in [3.8, 4) is 0 Å². The SMILES string of the molecule is CCCOCCOC(c1cccc(C)c1)C(C)N. The quantitative estimate of drug-likeness (QED) is 0.723. The predicted molar refractivity (Wildman–Crippen MR) is 74.6 cm³/mol. The van der Waals surface area contributed by atoms with Gasteiger partial charge in [0.25, 0.3) is 0 Å². The Labute approximate surface area is 110 Å². The van der Waals surface area contributed by atoms with Crippen LogP contribution in [0.1, 0.15) is 37.5 Å². The van der Waals surface area contributed by atoms with Crippen molar-refractivity contribution in [3.63, 3.8) is 0 Å². The zero-order chi connectivity index (χ0) is 13.4. The number of nitrogens with two attached hydrogens (primary N) is 1. The Kier molecular flexibility index (Phi) is 6.94. The summed E-state index contributed by atoms with van der Waals surface area (Å²) in [6, 6.07) is 8.27. The summed E-state index contributed by atoms with van der Waals surface area (Å²) in [5.41, 5.74) is 8.36. The van der Waals surface area contributed by atoms with Gasteiger partial charge in [0.15, 0.2) is 0 Å². The van der Waals surface area contributed by atoms with E-state index in [1.807, 2.05) is 13.0 Å². The molecule has 2 N–H and O–H groups in total. The fourth-order valence-electron chi connectivity index (χ4n) is 1.88. The maximum Gasteiger partial charge on any atom is 0.0974 e. The molecule has 0 aliphatic rings. The van der Waals surface area contributed by atoms with Gasteiger partial charge in [0, 0.05) is 12.6 Å². The smallest absolute Gasteiger partial charge is 0.0974 e. The van der Waals surface area contributed by atoms with Crippen LogP contribution in [0, 0.1) is 6.92 Å². The van der Waals surface area contributed by atoms with E-state index >= 15 is 0 Å². The van der Waals surface area contributed by atoms with Gasteiger partial charge in [-0.3, -0.25) is 0 Å². The van der Waals surface area contributed by atoms with Gasteiger partial charge in [-0.05, 0) is 25.8 Å². The van der Waals surface area contributed by atoms with E-state index in [9.17, 15) is 0 Å². The van der Waals surface area contributed by atoms with Crippen LogP contribution in [0.15, 0.2) is 24.3 Å². The lowest BCUT2D eigenvalue weighted by atomic mass is 10.0. The van der Waals surface area contributed by atoms with Gasteiger partial charge in [0.05, 0.1) is 19.3 Å². The van der Waals surface area contributed by atoms with Crippen molar-refractivity contribution < 1.29 is 9.47 Å². The van der Waals surface area contributed by atoms with Gasteiger partial charge < -0.3 is 15.2 Å². The van der Waals surface area contributed by atoms with E-state index in [4.69, 9.17) is 15.2 Å². The molecule has 0 aliphatic carbocycles. The summed E-state index contributed by atoms with van der Waals surface area (Å²) in [6.07, 6.45) is 0.976. The molecule has 18 heavy (non-hydrogen) atoms. The minimum atomic E-state index is -0.0601. The highest BCUT2D eigenvalue weighted by atomic mass is 16.5. The minimum absolute atomic E-state index is 0.0297. The van der Waals surface area contributed by atoms with E-state index in [-0.39, 0.29) is 12.1 Å². The van der Waals surface area contributed by atoms with Gasteiger partial charge in [0.1, 0.15) is 0 Å². The van der Waals surface area contributed by atoms with Gasteiger partial charge in [0.2, 0.25) is 0 Å². The Hall–Kier alpha value is -0.900. The highest BCUT2D eigenvalue weighted by Crippen LogP contribution is 2.21. The largest absolute Gasteiger partial charge is 0.379 e. The maximum atomic E-state index is 5.99. The van der Waals surface area contributed by atoms with Crippen molar-refractivity contribution in [2.24, 2.45) is 5.73 Å². The molecule has 2 unspecified atom stereocenters. The zero-order valence-electron chi connectivity index (χ0n) is 11.7. The topological polar surface area (TPSA) is 44.5 Å². The predicted octanol–water partition coefficient (Wildman–Crippen LogP) is 2.83. The summed E-state index contributed by atoms with van der Waals surface area (Å²) in [7, 11) is 0. The van der Waals surface area contributed by atoms with E-state index in [2.05, 4.69) is 32.0 Å². The van der Waals surface area contributed by atoms with Crippen molar-refractivity contribution in [1.29, 1.82) is 0 Å². The van der Waals surface area contributed by atoms with Crippen molar-refractivity contribution in [2.45, 2.75) is 39.3 Å². The number of rotatable bonds is 8. The Bertz CT molecular complexity index is 339. The van der Waals surface area contributed by atoms with Crippen LogP contribution in [0.3, 0.4) is 0 Å². The molecule has 0 spiro atoms. The molecule has 1 aromatic rings. The Morgan fingerprint density at radius 3 is 2.61 bits per heavy atom. The van der Waals surface area contributed by atoms with Gasteiger partial charge in [-0.15, -0.1) is 0 Å². The molecule has 0 heterocycles. The summed E-state index contributed by atoms with van der Waals surface area (Å²) >= 11 is 0. The fourth-order valence-corrected chi connectivity index (χ4v) is 1.88. The number of aryl methyl sites for hydroxylation is 1. The van der Waals surface area contributed by atoms with Crippen LogP contribution in [-0.2, 0) is 9.47 Å². The Balaban J connectivity index is 2.50. The lowest BCUT2D eigenvalue weighted by Crippen LogP contribution is -2.28. The lowest BCUT2D eigenvalue weighted by Gasteiger charge is -2.22. The summed E-state index contributed by atoms with van der Waals surface area (Å²) in [5.74, 6) is 0. The molecule has 2 atom stereocenters. The van der Waals surface area contributed by atoms with Crippen molar-refractivity contribution in [2.75, 3.05) is 19.8 Å². The molecule has 1 rings (SSSR count). The van der Waals surface area contributed by atoms with Crippen LogP contribution < -0.4 is 5.73 Å². The number of hydrogen-bond donors (Lipinski definition) is 1. The molecular weight excluding hydrogens is 226 g/mol. The molecule has 0 saturated heterocycles. The van der Waals surface area contributed by atoms with Gasteiger partial charge in [-0.25, -0.2) is 0 Å². The second kappa shape index (κ2) is 8.25. The summed E-state index contributed by atoms with van der Waals surface area (Å²) in [6.45, 7) is 8.14. The first-order chi connectivity index (χ1) is 8.65.